The molecule has 143 heavy (non-hydrogen) atoms. The van der Waals surface area contributed by atoms with Gasteiger partial charge in [0.25, 0.3) is 0 Å². The Bertz CT molecular complexity index is 1980. The minimum absolute atomic E-state index is 0.141. The highest BCUT2D eigenvalue weighted by molar-refractivity contribution is 5.68. The van der Waals surface area contributed by atoms with Gasteiger partial charge in [0.05, 0.1) is 63.7 Å². The standard InChI is InChI=1S/6C19H38O2.C10H22O7/c6*1-2-3-4-5-6-7-8-9-10-11-12-13-14-15-16-17-18-19(20)21;11-1-9(2-12,3-13)7-17-8-10(4-14,5-15)6-16/h6*2-18H2,1H3,(H,20,21);11-16H,1-8H2. The van der Waals surface area contributed by atoms with Crippen molar-refractivity contribution in [3.8, 4) is 0 Å². The highest BCUT2D eigenvalue weighted by Crippen LogP contribution is 2.25. The van der Waals surface area contributed by atoms with Crippen LogP contribution in [0.3, 0.4) is 0 Å². The van der Waals surface area contributed by atoms with Crippen molar-refractivity contribution in [1.29, 1.82) is 0 Å². The fourth-order valence-electron chi connectivity index (χ4n) is 18.0. The molecule has 0 aliphatic rings. The Balaban J connectivity index is -0.000000302. The fourth-order valence-corrected chi connectivity index (χ4v) is 18.0. The van der Waals surface area contributed by atoms with E-state index in [9.17, 15) is 28.8 Å². The van der Waals surface area contributed by atoms with Gasteiger partial charge in [0, 0.05) is 38.5 Å². The highest BCUT2D eigenvalue weighted by Gasteiger charge is 2.33. The van der Waals surface area contributed by atoms with Crippen LogP contribution in [0.25, 0.3) is 0 Å². The summed E-state index contributed by atoms with van der Waals surface area (Å²) in [5.74, 6) is -3.91. The lowest BCUT2D eigenvalue weighted by molar-refractivity contribution is -0.138. The van der Waals surface area contributed by atoms with Gasteiger partial charge in [-0.05, 0) is 38.5 Å². The number of hydrogen-bond acceptors (Lipinski definition) is 13. The second-order valence-electron chi connectivity index (χ2n) is 43.1. The average molecular weight is 2050 g/mol. The van der Waals surface area contributed by atoms with Gasteiger partial charge in [0.1, 0.15) is 0 Å². The molecule has 0 radical (unpaired) electrons. The molecule has 860 valence electrons. The molecule has 0 aliphatic carbocycles. The number of aliphatic hydroxyl groups is 6. The van der Waals surface area contributed by atoms with E-state index in [1.54, 1.807) is 0 Å². The van der Waals surface area contributed by atoms with Crippen molar-refractivity contribution < 1.29 is 94.8 Å². The van der Waals surface area contributed by atoms with Crippen LogP contribution in [-0.4, -0.2) is 150 Å². The molecule has 0 aromatic heterocycles. The van der Waals surface area contributed by atoms with E-state index in [2.05, 4.69) is 41.5 Å². The van der Waals surface area contributed by atoms with E-state index in [-0.39, 0.29) is 13.2 Å². The predicted octanol–water partition coefficient (Wildman–Crippen LogP) is 37.3. The normalized spacial score (nSPS) is 11.2. The van der Waals surface area contributed by atoms with Crippen LogP contribution in [0, 0.1) is 10.8 Å². The van der Waals surface area contributed by atoms with Crippen LogP contribution in [0.1, 0.15) is 696 Å². The lowest BCUT2D eigenvalue weighted by Crippen LogP contribution is -2.43. The summed E-state index contributed by atoms with van der Waals surface area (Å²) in [4.78, 5) is 62.1. The molecule has 0 bridgehead atoms. The Morgan fingerprint density at radius 3 is 0.266 bits per heavy atom. The zero-order chi connectivity index (χ0) is 107. The predicted molar refractivity (Wildman–Crippen MR) is 609 cm³/mol. The van der Waals surface area contributed by atoms with Crippen LogP contribution in [-0.2, 0) is 33.5 Å². The van der Waals surface area contributed by atoms with E-state index in [1.807, 2.05) is 0 Å². The maximum absolute atomic E-state index is 10.3. The van der Waals surface area contributed by atoms with Crippen LogP contribution in [0.4, 0.5) is 0 Å². The van der Waals surface area contributed by atoms with Crippen LogP contribution < -0.4 is 0 Å². The van der Waals surface area contributed by atoms with Gasteiger partial charge >= 0.3 is 35.8 Å². The number of carboxylic acids is 6. The second-order valence-corrected chi connectivity index (χ2v) is 43.1. The zero-order valence-corrected chi connectivity index (χ0v) is 96.0. The van der Waals surface area contributed by atoms with Crippen molar-refractivity contribution in [2.24, 2.45) is 10.8 Å². The smallest absolute Gasteiger partial charge is 0.303 e. The second kappa shape index (κ2) is 139. The molecule has 0 saturated heterocycles. The van der Waals surface area contributed by atoms with Crippen molar-refractivity contribution in [2.75, 3.05) is 52.9 Å². The number of aliphatic hydroxyl groups excluding tert-OH is 6. The molecule has 0 amide bonds. The molecule has 0 rings (SSSR count). The van der Waals surface area contributed by atoms with Crippen molar-refractivity contribution in [1.82, 2.24) is 0 Å². The molecule has 0 atom stereocenters. The maximum Gasteiger partial charge on any atom is 0.303 e. The van der Waals surface area contributed by atoms with Crippen molar-refractivity contribution in [2.45, 2.75) is 696 Å². The van der Waals surface area contributed by atoms with Gasteiger partial charge in [0.15, 0.2) is 0 Å². The summed E-state index contributed by atoms with van der Waals surface area (Å²) < 4.78 is 5.15. The summed E-state index contributed by atoms with van der Waals surface area (Å²) in [6, 6.07) is 0. The SMILES string of the molecule is CCCCCCCCCCCCCCCCCCC(=O)O.CCCCCCCCCCCCCCCCCCC(=O)O.CCCCCCCCCCCCCCCCCCC(=O)O.CCCCCCCCCCCCCCCCCCC(=O)O.CCCCCCCCCCCCCCCCCCC(=O)O.CCCCCCCCCCCCCCCCCCC(=O)O.OCC(CO)(CO)COCC(CO)(CO)CO. The fraction of sp³-hybridized carbons (Fsp3) is 0.952. The molecule has 0 aromatic carbocycles. The van der Waals surface area contributed by atoms with Crippen LogP contribution >= 0.6 is 0 Å². The number of ether oxygens (including phenoxy) is 1. The van der Waals surface area contributed by atoms with Gasteiger partial charge < -0.3 is 66.0 Å². The lowest BCUT2D eigenvalue weighted by Gasteiger charge is -2.31. The first-order valence-electron chi connectivity index (χ1n) is 62.2. The summed E-state index contributed by atoms with van der Waals surface area (Å²) in [6.07, 6.45) is 130. The number of hydrogen-bond donors (Lipinski definition) is 12. The summed E-state index contributed by atoms with van der Waals surface area (Å²) in [5, 5.41) is 105. The Morgan fingerprint density at radius 1 is 0.133 bits per heavy atom. The Morgan fingerprint density at radius 2 is 0.203 bits per heavy atom. The van der Waals surface area contributed by atoms with Gasteiger partial charge in [-0.3, -0.25) is 28.8 Å². The summed E-state index contributed by atoms with van der Waals surface area (Å²) >= 11 is 0. The molecule has 0 fully saturated rings. The third-order valence-electron chi connectivity index (χ3n) is 28.3. The number of aliphatic carboxylic acids is 6. The Labute approximate surface area is 885 Å². The first kappa shape index (κ1) is 152. The number of unbranched alkanes of at least 4 members (excludes halogenated alkanes) is 90. The largest absolute Gasteiger partial charge is 0.481 e. The molecular formula is C124H250O19. The van der Waals surface area contributed by atoms with Crippen molar-refractivity contribution in [3.63, 3.8) is 0 Å². The van der Waals surface area contributed by atoms with Gasteiger partial charge in [-0.1, -0.05) is 619 Å². The molecule has 0 aromatic rings. The third kappa shape index (κ3) is 152. The average Bonchev–Trinajstić information content (AvgIpc) is 0.871. The molecular weight excluding hydrogens is 1790 g/mol. The maximum atomic E-state index is 10.3. The van der Waals surface area contributed by atoms with Gasteiger partial charge in [-0.2, -0.15) is 0 Å². The van der Waals surface area contributed by atoms with E-state index in [0.29, 0.717) is 38.5 Å². The van der Waals surface area contributed by atoms with Gasteiger partial charge in [0.2, 0.25) is 0 Å². The first-order chi connectivity index (χ1) is 69.7. The minimum atomic E-state index is -1.16. The highest BCUT2D eigenvalue weighted by atomic mass is 16.5. The van der Waals surface area contributed by atoms with E-state index in [1.165, 1.54) is 539 Å². The van der Waals surface area contributed by atoms with E-state index in [0.717, 1.165) is 77.0 Å². The van der Waals surface area contributed by atoms with E-state index >= 15 is 0 Å². The topological polar surface area (TPSA) is 354 Å². The van der Waals surface area contributed by atoms with Gasteiger partial charge in [-0.25, -0.2) is 0 Å². The van der Waals surface area contributed by atoms with Crippen LogP contribution in [0.2, 0.25) is 0 Å². The zero-order valence-electron chi connectivity index (χ0n) is 96.0. The molecule has 0 aliphatic heterocycles. The van der Waals surface area contributed by atoms with E-state index < -0.39 is 86.3 Å². The Kier molecular flexibility index (Phi) is 148. The molecule has 0 saturated carbocycles. The molecule has 19 heteroatoms. The summed E-state index contributed by atoms with van der Waals surface area (Å²) in [6.45, 7) is 10.6. The Hall–Kier alpha value is -3.46. The number of rotatable bonds is 112. The first-order valence-corrected chi connectivity index (χ1v) is 62.2. The third-order valence-corrected chi connectivity index (χ3v) is 28.3. The van der Waals surface area contributed by atoms with Gasteiger partial charge in [-0.15, -0.1) is 0 Å². The summed E-state index contributed by atoms with van der Waals surface area (Å²) in [5.41, 5.74) is -2.32. The minimum Gasteiger partial charge on any atom is -0.481 e. The molecule has 19 nitrogen and oxygen atoms in total. The van der Waals surface area contributed by atoms with E-state index in [4.69, 9.17) is 66.0 Å². The van der Waals surface area contributed by atoms with Crippen molar-refractivity contribution in [3.05, 3.63) is 0 Å². The molecule has 0 spiro atoms. The quantitative estimate of drug-likeness (QED) is 0.0252. The van der Waals surface area contributed by atoms with Crippen LogP contribution in [0.5, 0.6) is 0 Å². The summed E-state index contributed by atoms with van der Waals surface area (Å²) in [7, 11) is 0. The van der Waals surface area contributed by atoms with Crippen LogP contribution in [0.15, 0.2) is 0 Å². The molecule has 12 N–H and O–H groups in total. The molecule has 0 heterocycles. The number of carbonyl (C=O) groups is 6. The monoisotopic (exact) mass is 2040 g/mol. The van der Waals surface area contributed by atoms with Crippen molar-refractivity contribution >= 4 is 35.8 Å². The lowest BCUT2D eigenvalue weighted by atomic mass is 9.91. The molecule has 0 unspecified atom stereocenters. The number of carboxylic acid groups (broad SMARTS) is 6.